The van der Waals surface area contributed by atoms with Crippen LogP contribution in [-0.2, 0) is 9.53 Å². The van der Waals surface area contributed by atoms with Gasteiger partial charge in [0.05, 0.1) is 6.10 Å². The van der Waals surface area contributed by atoms with Crippen molar-refractivity contribution in [3.05, 3.63) is 11.6 Å². The van der Waals surface area contributed by atoms with E-state index in [1.54, 1.807) is 6.08 Å². The summed E-state index contributed by atoms with van der Waals surface area (Å²) in [6, 6.07) is 0. The summed E-state index contributed by atoms with van der Waals surface area (Å²) in [6.07, 6.45) is 3.63. The Morgan fingerprint density at radius 3 is 2.67 bits per heavy atom. The minimum Gasteiger partial charge on any atom is -0.460 e. The Balaban J connectivity index is 2.45. The number of ether oxygens (including phenoxy) is 1. The van der Waals surface area contributed by atoms with Crippen molar-refractivity contribution in [3.63, 3.8) is 0 Å². The van der Waals surface area contributed by atoms with Gasteiger partial charge in [-0.05, 0) is 46.1 Å². The lowest BCUT2D eigenvalue weighted by Crippen LogP contribution is -2.44. The second-order valence-electron chi connectivity index (χ2n) is 5.03. The molecule has 0 aliphatic carbocycles. The van der Waals surface area contributed by atoms with E-state index >= 15 is 0 Å². The summed E-state index contributed by atoms with van der Waals surface area (Å²) in [5, 5.41) is 3.39. The molecular weight excluding hydrogens is 190 g/mol. The van der Waals surface area contributed by atoms with E-state index in [9.17, 15) is 4.79 Å². The van der Waals surface area contributed by atoms with Crippen LogP contribution in [-0.4, -0.2) is 24.2 Å². The fourth-order valence-electron chi connectivity index (χ4n) is 1.56. The minimum absolute atomic E-state index is 0.0395. The Morgan fingerprint density at radius 1 is 1.53 bits per heavy atom. The smallest absolute Gasteiger partial charge is 0.330 e. The molecule has 0 unspecified atom stereocenters. The van der Waals surface area contributed by atoms with Crippen LogP contribution in [0.3, 0.4) is 0 Å². The number of nitrogens with one attached hydrogen (secondary N) is 1. The molecule has 1 saturated heterocycles. The van der Waals surface area contributed by atoms with Gasteiger partial charge in [-0.15, -0.1) is 0 Å². The van der Waals surface area contributed by atoms with E-state index in [-0.39, 0.29) is 17.6 Å². The molecule has 0 spiro atoms. The van der Waals surface area contributed by atoms with Crippen molar-refractivity contribution in [3.8, 4) is 0 Å². The van der Waals surface area contributed by atoms with E-state index in [2.05, 4.69) is 19.2 Å². The predicted molar refractivity (Wildman–Crippen MR) is 60.6 cm³/mol. The Labute approximate surface area is 91.9 Å². The third kappa shape index (κ3) is 4.47. The van der Waals surface area contributed by atoms with Crippen LogP contribution in [0.1, 0.15) is 40.5 Å². The Kier molecular flexibility index (Phi) is 3.91. The fraction of sp³-hybridized carbons (Fsp3) is 0.750. The van der Waals surface area contributed by atoms with Gasteiger partial charge in [-0.25, -0.2) is 4.79 Å². The van der Waals surface area contributed by atoms with Gasteiger partial charge in [-0.1, -0.05) is 0 Å². The van der Waals surface area contributed by atoms with Crippen LogP contribution >= 0.6 is 0 Å². The number of rotatable bonds is 2. The standard InChI is InChI=1S/C12H21NO2/c1-9(2)15-11(14)7-10-5-6-12(3,4)13-8-10/h7,9,13H,5-6,8H2,1-4H3/b10-7+. The van der Waals surface area contributed by atoms with Crippen molar-refractivity contribution in [1.82, 2.24) is 5.32 Å². The van der Waals surface area contributed by atoms with Gasteiger partial charge >= 0.3 is 5.97 Å². The van der Waals surface area contributed by atoms with Crippen LogP contribution in [0.15, 0.2) is 11.6 Å². The molecule has 1 heterocycles. The molecule has 0 saturated carbocycles. The first-order chi connectivity index (χ1) is 6.89. The maximum Gasteiger partial charge on any atom is 0.330 e. The first-order valence-electron chi connectivity index (χ1n) is 5.54. The van der Waals surface area contributed by atoms with Crippen molar-refractivity contribution >= 4 is 5.97 Å². The van der Waals surface area contributed by atoms with Crippen LogP contribution in [0.2, 0.25) is 0 Å². The van der Waals surface area contributed by atoms with E-state index in [1.165, 1.54) is 0 Å². The van der Waals surface area contributed by atoms with Gasteiger partial charge in [0.1, 0.15) is 0 Å². The average molecular weight is 211 g/mol. The normalized spacial score (nSPS) is 23.1. The minimum atomic E-state index is -0.221. The average Bonchev–Trinajstić information content (AvgIpc) is 2.07. The lowest BCUT2D eigenvalue weighted by Gasteiger charge is -2.32. The van der Waals surface area contributed by atoms with Crippen molar-refractivity contribution in [1.29, 1.82) is 0 Å². The van der Waals surface area contributed by atoms with E-state index in [0.29, 0.717) is 0 Å². The van der Waals surface area contributed by atoms with E-state index in [4.69, 9.17) is 4.74 Å². The molecular formula is C12H21NO2. The largest absolute Gasteiger partial charge is 0.460 e. The maximum absolute atomic E-state index is 11.4. The molecule has 0 atom stereocenters. The molecule has 3 nitrogen and oxygen atoms in total. The molecule has 3 heteroatoms. The van der Waals surface area contributed by atoms with Crippen LogP contribution in [0.4, 0.5) is 0 Å². The molecule has 1 aliphatic heterocycles. The Hall–Kier alpha value is -0.830. The van der Waals surface area contributed by atoms with Gasteiger partial charge in [0.25, 0.3) is 0 Å². The van der Waals surface area contributed by atoms with Crippen LogP contribution in [0.25, 0.3) is 0 Å². The molecule has 0 aromatic carbocycles. The number of piperidine rings is 1. The molecule has 1 rings (SSSR count). The first kappa shape index (κ1) is 12.2. The second-order valence-corrected chi connectivity index (χ2v) is 5.03. The zero-order valence-corrected chi connectivity index (χ0v) is 10.1. The highest BCUT2D eigenvalue weighted by atomic mass is 16.5. The highest BCUT2D eigenvalue weighted by molar-refractivity contribution is 5.83. The molecule has 0 amide bonds. The van der Waals surface area contributed by atoms with Gasteiger partial charge < -0.3 is 10.1 Å². The highest BCUT2D eigenvalue weighted by Gasteiger charge is 2.22. The number of carbonyl (C=O) groups is 1. The maximum atomic E-state index is 11.4. The van der Waals surface area contributed by atoms with Gasteiger partial charge in [-0.2, -0.15) is 0 Å². The zero-order valence-electron chi connectivity index (χ0n) is 10.1. The summed E-state index contributed by atoms with van der Waals surface area (Å²) in [4.78, 5) is 11.4. The summed E-state index contributed by atoms with van der Waals surface area (Å²) in [7, 11) is 0. The Morgan fingerprint density at radius 2 is 2.20 bits per heavy atom. The number of hydrogen-bond acceptors (Lipinski definition) is 3. The fourth-order valence-corrected chi connectivity index (χ4v) is 1.56. The Bertz CT molecular complexity index is 255. The van der Waals surface area contributed by atoms with Gasteiger partial charge in [0, 0.05) is 18.2 Å². The van der Waals surface area contributed by atoms with Crippen molar-refractivity contribution in [2.24, 2.45) is 0 Å². The first-order valence-corrected chi connectivity index (χ1v) is 5.54. The number of esters is 1. The molecule has 15 heavy (non-hydrogen) atoms. The third-order valence-corrected chi connectivity index (χ3v) is 2.54. The van der Waals surface area contributed by atoms with Crippen LogP contribution in [0, 0.1) is 0 Å². The molecule has 1 N–H and O–H groups in total. The molecule has 0 aromatic rings. The lowest BCUT2D eigenvalue weighted by molar-refractivity contribution is -0.141. The van der Waals surface area contributed by atoms with Gasteiger partial charge in [-0.3, -0.25) is 0 Å². The van der Waals surface area contributed by atoms with Gasteiger partial charge in [0.15, 0.2) is 0 Å². The summed E-state index contributed by atoms with van der Waals surface area (Å²) < 4.78 is 5.06. The lowest BCUT2D eigenvalue weighted by atomic mass is 9.90. The molecule has 1 aliphatic rings. The molecule has 0 bridgehead atoms. The molecule has 0 aromatic heterocycles. The van der Waals surface area contributed by atoms with Crippen molar-refractivity contribution in [2.45, 2.75) is 52.2 Å². The molecule has 0 radical (unpaired) electrons. The number of carbonyl (C=O) groups excluding carboxylic acids is 1. The summed E-state index contributed by atoms with van der Waals surface area (Å²) in [5.41, 5.74) is 1.33. The predicted octanol–water partition coefficient (Wildman–Crippen LogP) is 2.03. The quantitative estimate of drug-likeness (QED) is 0.561. The van der Waals surface area contributed by atoms with Crippen molar-refractivity contribution in [2.75, 3.05) is 6.54 Å². The van der Waals surface area contributed by atoms with Crippen LogP contribution in [0.5, 0.6) is 0 Å². The molecule has 86 valence electrons. The zero-order chi connectivity index (χ0) is 11.5. The monoisotopic (exact) mass is 211 g/mol. The summed E-state index contributed by atoms with van der Waals surface area (Å²) in [5.74, 6) is -0.221. The number of hydrogen-bond donors (Lipinski definition) is 1. The van der Waals surface area contributed by atoms with E-state index in [0.717, 1.165) is 25.0 Å². The molecule has 1 fully saturated rings. The summed E-state index contributed by atoms with van der Waals surface area (Å²) >= 11 is 0. The topological polar surface area (TPSA) is 38.3 Å². The summed E-state index contributed by atoms with van der Waals surface area (Å²) in [6.45, 7) is 8.86. The highest BCUT2D eigenvalue weighted by Crippen LogP contribution is 2.21. The van der Waals surface area contributed by atoms with Gasteiger partial charge in [0.2, 0.25) is 0 Å². The van der Waals surface area contributed by atoms with E-state index < -0.39 is 0 Å². The van der Waals surface area contributed by atoms with Crippen molar-refractivity contribution < 1.29 is 9.53 Å². The van der Waals surface area contributed by atoms with E-state index in [1.807, 2.05) is 13.8 Å². The third-order valence-electron chi connectivity index (χ3n) is 2.54. The van der Waals surface area contributed by atoms with Crippen LogP contribution < -0.4 is 5.32 Å². The SMILES string of the molecule is CC(C)OC(=O)/C=C1\CCC(C)(C)NC1. The second kappa shape index (κ2) is 4.79.